The Morgan fingerprint density at radius 2 is 2.15 bits per heavy atom. The van der Waals surface area contributed by atoms with E-state index in [0.717, 1.165) is 29.0 Å². The first-order valence-electron chi connectivity index (χ1n) is 6.68. The van der Waals surface area contributed by atoms with Gasteiger partial charge in [-0.2, -0.15) is 0 Å². The number of fused-ring (bicyclic) bond motifs is 2. The van der Waals surface area contributed by atoms with Gasteiger partial charge in [0.15, 0.2) is 0 Å². The Morgan fingerprint density at radius 3 is 3.10 bits per heavy atom. The van der Waals surface area contributed by atoms with Gasteiger partial charge in [0.2, 0.25) is 0 Å². The molecule has 2 heterocycles. The Hall–Kier alpha value is -1.88. The summed E-state index contributed by atoms with van der Waals surface area (Å²) in [5.41, 5.74) is 4.80. The molecule has 100 valence electrons. The Labute approximate surface area is 124 Å². The second-order valence-electron chi connectivity index (χ2n) is 5.04. The second kappa shape index (κ2) is 4.59. The lowest BCUT2D eigenvalue weighted by molar-refractivity contribution is 0.910. The molecule has 2 N–H and O–H groups in total. The number of H-pyrrole nitrogens is 1. The van der Waals surface area contributed by atoms with Crippen LogP contribution in [0.4, 0.5) is 11.5 Å². The lowest BCUT2D eigenvalue weighted by atomic mass is 10.1. The molecule has 0 unspecified atom stereocenters. The standard InChI is InChI=1S/C15H13BrN4/c16-13-7-10(6-9-2-1-3-11(9)13)20-15-12-4-5-17-14(12)18-8-19-15/h4-8H,1-3H2,(H2,17,18,19,20). The molecule has 0 radical (unpaired) electrons. The Bertz CT molecular complexity index is 794. The average Bonchev–Trinajstić information content (AvgIpc) is 3.06. The van der Waals surface area contributed by atoms with Crippen LogP contribution >= 0.6 is 15.9 Å². The van der Waals surface area contributed by atoms with Crippen molar-refractivity contribution in [1.29, 1.82) is 0 Å². The smallest absolute Gasteiger partial charge is 0.143 e. The molecule has 0 atom stereocenters. The number of anilines is 2. The zero-order valence-electron chi connectivity index (χ0n) is 10.8. The number of aromatic nitrogens is 3. The van der Waals surface area contributed by atoms with Crippen LogP contribution in [-0.2, 0) is 12.8 Å². The zero-order valence-corrected chi connectivity index (χ0v) is 12.4. The summed E-state index contributed by atoms with van der Waals surface area (Å²) < 4.78 is 1.19. The molecule has 0 spiro atoms. The van der Waals surface area contributed by atoms with Gasteiger partial charge < -0.3 is 10.3 Å². The number of nitrogens with one attached hydrogen (secondary N) is 2. The number of hydrogen-bond donors (Lipinski definition) is 2. The Morgan fingerprint density at radius 1 is 1.20 bits per heavy atom. The molecule has 4 rings (SSSR count). The molecule has 2 aromatic heterocycles. The van der Waals surface area contributed by atoms with E-state index in [2.05, 4.69) is 48.3 Å². The fraction of sp³-hybridized carbons (Fsp3) is 0.200. The number of aryl methyl sites for hydroxylation is 1. The van der Waals surface area contributed by atoms with Gasteiger partial charge in [-0.05, 0) is 48.6 Å². The zero-order chi connectivity index (χ0) is 13.5. The van der Waals surface area contributed by atoms with Crippen molar-refractivity contribution in [2.45, 2.75) is 19.3 Å². The summed E-state index contributed by atoms with van der Waals surface area (Å²) >= 11 is 3.67. The van der Waals surface area contributed by atoms with E-state index in [9.17, 15) is 0 Å². The van der Waals surface area contributed by atoms with Gasteiger partial charge in [-0.1, -0.05) is 15.9 Å². The molecule has 0 fully saturated rings. The van der Waals surface area contributed by atoms with Crippen LogP contribution in [0, 0.1) is 0 Å². The summed E-state index contributed by atoms with van der Waals surface area (Å²) in [4.78, 5) is 11.6. The van der Waals surface area contributed by atoms with Crippen LogP contribution in [0.1, 0.15) is 17.5 Å². The van der Waals surface area contributed by atoms with Gasteiger partial charge >= 0.3 is 0 Å². The predicted octanol–water partition coefficient (Wildman–Crippen LogP) is 3.95. The van der Waals surface area contributed by atoms with E-state index >= 15 is 0 Å². The quantitative estimate of drug-likeness (QED) is 0.748. The highest BCUT2D eigenvalue weighted by atomic mass is 79.9. The lowest BCUT2D eigenvalue weighted by Crippen LogP contribution is -1.97. The summed E-state index contributed by atoms with van der Waals surface area (Å²) in [6, 6.07) is 6.35. The van der Waals surface area contributed by atoms with E-state index in [-0.39, 0.29) is 0 Å². The van der Waals surface area contributed by atoms with Crippen molar-refractivity contribution in [2.75, 3.05) is 5.32 Å². The van der Waals surface area contributed by atoms with Crippen molar-refractivity contribution in [3.63, 3.8) is 0 Å². The van der Waals surface area contributed by atoms with Crippen LogP contribution in [0.3, 0.4) is 0 Å². The first-order valence-corrected chi connectivity index (χ1v) is 7.47. The fourth-order valence-electron chi connectivity index (χ4n) is 2.83. The average molecular weight is 329 g/mol. The van der Waals surface area contributed by atoms with Gasteiger partial charge in [0.25, 0.3) is 0 Å². The van der Waals surface area contributed by atoms with E-state index in [0.29, 0.717) is 0 Å². The molecule has 0 amide bonds. The normalized spacial score (nSPS) is 13.7. The molecule has 0 saturated heterocycles. The highest BCUT2D eigenvalue weighted by Crippen LogP contribution is 2.33. The minimum atomic E-state index is 0.834. The largest absolute Gasteiger partial charge is 0.346 e. The molecule has 0 aliphatic heterocycles. The van der Waals surface area contributed by atoms with Gasteiger partial charge in [-0.25, -0.2) is 9.97 Å². The SMILES string of the molecule is Brc1cc(Nc2ncnc3[nH]ccc23)cc2c1CCC2. The molecule has 5 heteroatoms. The number of halogens is 1. The molecule has 1 aliphatic rings. The number of aromatic amines is 1. The van der Waals surface area contributed by atoms with E-state index < -0.39 is 0 Å². The topological polar surface area (TPSA) is 53.6 Å². The van der Waals surface area contributed by atoms with Crippen molar-refractivity contribution in [2.24, 2.45) is 0 Å². The fourth-order valence-corrected chi connectivity index (χ4v) is 3.53. The summed E-state index contributed by atoms with van der Waals surface area (Å²) in [5.74, 6) is 0.834. The Kier molecular flexibility index (Phi) is 2.73. The highest BCUT2D eigenvalue weighted by molar-refractivity contribution is 9.10. The van der Waals surface area contributed by atoms with Crippen molar-refractivity contribution in [3.8, 4) is 0 Å². The lowest BCUT2D eigenvalue weighted by Gasteiger charge is -2.10. The van der Waals surface area contributed by atoms with Crippen molar-refractivity contribution in [3.05, 3.63) is 46.3 Å². The first kappa shape index (κ1) is 11.9. The third-order valence-electron chi connectivity index (χ3n) is 3.78. The van der Waals surface area contributed by atoms with Crippen LogP contribution in [0.25, 0.3) is 11.0 Å². The van der Waals surface area contributed by atoms with Crippen LogP contribution in [-0.4, -0.2) is 15.0 Å². The number of rotatable bonds is 2. The van der Waals surface area contributed by atoms with E-state index in [4.69, 9.17) is 0 Å². The van der Waals surface area contributed by atoms with E-state index in [1.165, 1.54) is 28.4 Å². The van der Waals surface area contributed by atoms with Gasteiger partial charge in [-0.15, -0.1) is 0 Å². The molecule has 0 bridgehead atoms. The van der Waals surface area contributed by atoms with Gasteiger partial charge in [0, 0.05) is 16.4 Å². The summed E-state index contributed by atoms with van der Waals surface area (Å²) in [7, 11) is 0. The van der Waals surface area contributed by atoms with Crippen LogP contribution in [0.2, 0.25) is 0 Å². The Balaban J connectivity index is 1.76. The molecule has 4 nitrogen and oxygen atoms in total. The van der Waals surface area contributed by atoms with Gasteiger partial charge in [0.1, 0.15) is 17.8 Å². The van der Waals surface area contributed by atoms with Crippen LogP contribution in [0.15, 0.2) is 35.2 Å². The molecule has 3 aromatic rings. The minimum Gasteiger partial charge on any atom is -0.346 e. The van der Waals surface area contributed by atoms with Gasteiger partial charge in [-0.3, -0.25) is 0 Å². The summed E-state index contributed by atoms with van der Waals surface area (Å²) in [6.45, 7) is 0. The van der Waals surface area contributed by atoms with Crippen LogP contribution in [0.5, 0.6) is 0 Å². The highest BCUT2D eigenvalue weighted by Gasteiger charge is 2.15. The number of hydrogen-bond acceptors (Lipinski definition) is 3. The maximum atomic E-state index is 4.34. The van der Waals surface area contributed by atoms with Crippen molar-refractivity contribution >= 4 is 38.5 Å². The van der Waals surface area contributed by atoms with Crippen molar-refractivity contribution < 1.29 is 0 Å². The molecular formula is C15H13BrN4. The second-order valence-corrected chi connectivity index (χ2v) is 5.89. The van der Waals surface area contributed by atoms with E-state index in [1.54, 1.807) is 6.33 Å². The molecule has 1 aromatic carbocycles. The van der Waals surface area contributed by atoms with Gasteiger partial charge in [0.05, 0.1) is 5.39 Å². The summed E-state index contributed by atoms with van der Waals surface area (Å²) in [6.07, 6.45) is 7.03. The third kappa shape index (κ3) is 1.89. The summed E-state index contributed by atoms with van der Waals surface area (Å²) in [5, 5.41) is 4.41. The monoisotopic (exact) mass is 328 g/mol. The number of nitrogens with zero attached hydrogens (tertiary/aromatic N) is 2. The predicted molar refractivity (Wildman–Crippen MR) is 83.3 cm³/mol. The van der Waals surface area contributed by atoms with Crippen LogP contribution < -0.4 is 5.32 Å². The first-order chi connectivity index (χ1) is 9.81. The molecule has 0 saturated carbocycles. The maximum Gasteiger partial charge on any atom is 0.143 e. The van der Waals surface area contributed by atoms with Crippen molar-refractivity contribution in [1.82, 2.24) is 15.0 Å². The minimum absolute atomic E-state index is 0.834. The van der Waals surface area contributed by atoms with E-state index in [1.807, 2.05) is 12.3 Å². The maximum absolute atomic E-state index is 4.34. The molecular weight excluding hydrogens is 316 g/mol. The number of benzene rings is 1. The third-order valence-corrected chi connectivity index (χ3v) is 4.48. The molecule has 20 heavy (non-hydrogen) atoms. The molecule has 1 aliphatic carbocycles.